The van der Waals surface area contributed by atoms with E-state index in [4.69, 9.17) is 0 Å². The van der Waals surface area contributed by atoms with Crippen LogP contribution in [-0.4, -0.2) is 33.8 Å². The highest BCUT2D eigenvalue weighted by Crippen LogP contribution is 2.44. The van der Waals surface area contributed by atoms with Gasteiger partial charge in [-0.1, -0.05) is 0 Å². The van der Waals surface area contributed by atoms with E-state index >= 15 is 0 Å². The predicted octanol–water partition coefficient (Wildman–Crippen LogP) is 4.76. The molecular weight excluding hydrogens is 393 g/mol. The Kier molecular flexibility index (Phi) is 3.82. The Labute approximate surface area is 160 Å². The highest BCUT2D eigenvalue weighted by atomic mass is 32.1. The molecule has 1 N–H and O–H groups in total. The molecule has 1 unspecified atom stereocenters. The van der Waals surface area contributed by atoms with E-state index in [-0.39, 0.29) is 6.54 Å². The molecule has 140 valence electrons. The third kappa shape index (κ3) is 2.84. The predicted molar refractivity (Wildman–Crippen MR) is 102 cm³/mol. The van der Waals surface area contributed by atoms with E-state index in [0.717, 1.165) is 9.53 Å². The van der Waals surface area contributed by atoms with Crippen LogP contribution in [-0.2, 0) is 7.05 Å². The molecule has 4 heterocycles. The van der Waals surface area contributed by atoms with Crippen LogP contribution in [0.25, 0.3) is 31.0 Å². The SMILES string of the molecule is Cn1cc2cc(-c3nc4sc(C5CCNCC5(F)F)cc4s3)cc(F)c2n1. The number of aryl methyl sites for hydroxylation is 1. The Morgan fingerprint density at radius 2 is 2.11 bits per heavy atom. The number of hydrogen-bond donors (Lipinski definition) is 1. The number of rotatable bonds is 2. The first-order chi connectivity index (χ1) is 12.9. The summed E-state index contributed by atoms with van der Waals surface area (Å²) in [6, 6.07) is 5.11. The summed E-state index contributed by atoms with van der Waals surface area (Å²) in [5.41, 5.74) is 1.00. The van der Waals surface area contributed by atoms with Crippen molar-refractivity contribution < 1.29 is 13.2 Å². The number of nitrogens with one attached hydrogen (secondary N) is 1. The number of thiophene rings is 1. The number of nitrogens with zero attached hydrogens (tertiary/aromatic N) is 3. The van der Waals surface area contributed by atoms with E-state index in [9.17, 15) is 13.2 Å². The van der Waals surface area contributed by atoms with E-state index in [1.54, 1.807) is 17.9 Å². The van der Waals surface area contributed by atoms with E-state index in [1.165, 1.54) is 28.7 Å². The van der Waals surface area contributed by atoms with Gasteiger partial charge in [-0.25, -0.2) is 18.2 Å². The number of benzene rings is 1. The lowest BCUT2D eigenvalue weighted by Gasteiger charge is -2.31. The normalized spacial score (nSPS) is 19.9. The Bertz CT molecular complexity index is 1130. The Hall–Kier alpha value is -1.97. The molecule has 0 radical (unpaired) electrons. The fraction of sp³-hybridized carbons (Fsp3) is 0.333. The summed E-state index contributed by atoms with van der Waals surface area (Å²) in [5.74, 6) is -3.91. The number of halogens is 3. The van der Waals surface area contributed by atoms with Gasteiger partial charge in [-0.05, 0) is 31.2 Å². The minimum Gasteiger partial charge on any atom is -0.311 e. The maximum atomic E-state index is 14.3. The summed E-state index contributed by atoms with van der Waals surface area (Å²) in [6.45, 7) is 0.307. The molecule has 27 heavy (non-hydrogen) atoms. The zero-order chi connectivity index (χ0) is 18.8. The zero-order valence-corrected chi connectivity index (χ0v) is 15.9. The minimum atomic E-state index is -2.75. The van der Waals surface area contributed by atoms with Crippen LogP contribution in [0, 0.1) is 5.82 Å². The van der Waals surface area contributed by atoms with Gasteiger partial charge in [0.05, 0.1) is 17.2 Å². The summed E-state index contributed by atoms with van der Waals surface area (Å²) < 4.78 is 45.2. The average molecular weight is 408 g/mol. The molecule has 1 aliphatic heterocycles. The van der Waals surface area contributed by atoms with E-state index < -0.39 is 17.7 Å². The van der Waals surface area contributed by atoms with E-state index in [0.29, 0.717) is 39.3 Å². The van der Waals surface area contributed by atoms with Crippen molar-refractivity contribution in [3.05, 3.63) is 35.1 Å². The van der Waals surface area contributed by atoms with Gasteiger partial charge in [0.25, 0.3) is 5.92 Å². The quantitative estimate of drug-likeness (QED) is 0.520. The number of hydrogen-bond acceptors (Lipinski definition) is 5. The molecule has 1 fully saturated rings. The average Bonchev–Trinajstić information content (AvgIpc) is 3.26. The summed E-state index contributed by atoms with van der Waals surface area (Å²) >= 11 is 2.72. The van der Waals surface area contributed by atoms with Gasteiger partial charge < -0.3 is 5.32 Å². The van der Waals surface area contributed by atoms with Gasteiger partial charge in [-0.3, -0.25) is 4.68 Å². The second-order valence-electron chi connectivity index (χ2n) is 6.81. The van der Waals surface area contributed by atoms with Crippen molar-refractivity contribution in [1.82, 2.24) is 20.1 Å². The van der Waals surface area contributed by atoms with Gasteiger partial charge in [0.1, 0.15) is 15.4 Å². The number of piperidine rings is 1. The molecule has 1 atom stereocenters. The number of alkyl halides is 2. The van der Waals surface area contributed by atoms with Crippen LogP contribution in [0.3, 0.4) is 0 Å². The van der Waals surface area contributed by atoms with Crippen LogP contribution in [0.4, 0.5) is 13.2 Å². The molecule has 1 aliphatic rings. The molecule has 5 rings (SSSR count). The van der Waals surface area contributed by atoms with Crippen molar-refractivity contribution in [2.75, 3.05) is 13.1 Å². The smallest absolute Gasteiger partial charge is 0.267 e. The van der Waals surface area contributed by atoms with Crippen molar-refractivity contribution in [3.63, 3.8) is 0 Å². The first-order valence-corrected chi connectivity index (χ1v) is 10.2. The third-order valence-electron chi connectivity index (χ3n) is 4.86. The van der Waals surface area contributed by atoms with Crippen LogP contribution in [0.5, 0.6) is 0 Å². The maximum absolute atomic E-state index is 14.3. The van der Waals surface area contributed by atoms with Crippen LogP contribution in [0.15, 0.2) is 24.4 Å². The Morgan fingerprint density at radius 1 is 1.26 bits per heavy atom. The van der Waals surface area contributed by atoms with Crippen LogP contribution < -0.4 is 5.32 Å². The third-order valence-corrected chi connectivity index (χ3v) is 7.18. The Balaban J connectivity index is 1.54. The fourth-order valence-corrected chi connectivity index (χ4v) is 5.98. The standard InChI is InChI=1S/C18H15F3N4S2/c1-25-7-10-4-9(5-12(19)15(10)24-25)16-23-17-14(27-16)6-13(26-17)11-2-3-22-8-18(11,20)21/h4-7,11,22H,2-3,8H2,1H3. The van der Waals surface area contributed by atoms with Gasteiger partial charge in [0.15, 0.2) is 5.82 Å². The molecule has 1 saturated heterocycles. The molecular formula is C18H15F3N4S2. The van der Waals surface area contributed by atoms with Crippen molar-refractivity contribution in [2.24, 2.45) is 7.05 Å². The van der Waals surface area contributed by atoms with Crippen LogP contribution in [0.2, 0.25) is 0 Å². The molecule has 4 nitrogen and oxygen atoms in total. The number of fused-ring (bicyclic) bond motifs is 2. The second kappa shape index (κ2) is 6.02. The zero-order valence-electron chi connectivity index (χ0n) is 14.3. The van der Waals surface area contributed by atoms with E-state index in [2.05, 4.69) is 15.4 Å². The van der Waals surface area contributed by atoms with Crippen molar-refractivity contribution in [2.45, 2.75) is 18.3 Å². The molecule has 0 saturated carbocycles. The second-order valence-corrected chi connectivity index (χ2v) is 8.91. The summed E-state index contributed by atoms with van der Waals surface area (Å²) in [6.07, 6.45) is 2.17. The van der Waals surface area contributed by atoms with Crippen molar-refractivity contribution in [3.8, 4) is 10.6 Å². The van der Waals surface area contributed by atoms with Crippen molar-refractivity contribution >= 4 is 43.1 Å². The topological polar surface area (TPSA) is 42.7 Å². The fourth-order valence-electron chi connectivity index (χ4n) is 3.57. The molecule has 9 heteroatoms. The monoisotopic (exact) mass is 408 g/mol. The lowest BCUT2D eigenvalue weighted by atomic mass is 9.92. The van der Waals surface area contributed by atoms with E-state index in [1.807, 2.05) is 12.1 Å². The highest BCUT2D eigenvalue weighted by molar-refractivity contribution is 7.28. The molecule has 0 aliphatic carbocycles. The van der Waals surface area contributed by atoms with Gasteiger partial charge >= 0.3 is 0 Å². The molecule has 0 spiro atoms. The minimum absolute atomic E-state index is 0.285. The summed E-state index contributed by atoms with van der Waals surface area (Å²) in [4.78, 5) is 5.99. The lowest BCUT2D eigenvalue weighted by Crippen LogP contribution is -2.44. The first kappa shape index (κ1) is 17.2. The lowest BCUT2D eigenvalue weighted by molar-refractivity contribution is -0.0409. The Morgan fingerprint density at radius 3 is 2.89 bits per heavy atom. The van der Waals surface area contributed by atoms with Gasteiger partial charge in [-0.15, -0.1) is 22.7 Å². The first-order valence-electron chi connectivity index (χ1n) is 8.53. The van der Waals surface area contributed by atoms with Gasteiger partial charge in [-0.2, -0.15) is 5.10 Å². The van der Waals surface area contributed by atoms with Gasteiger partial charge in [0, 0.05) is 29.1 Å². The maximum Gasteiger partial charge on any atom is 0.267 e. The van der Waals surface area contributed by atoms with Crippen molar-refractivity contribution in [1.29, 1.82) is 0 Å². The molecule has 0 amide bonds. The molecule has 1 aromatic carbocycles. The highest BCUT2D eigenvalue weighted by Gasteiger charge is 2.43. The molecule has 3 aromatic heterocycles. The van der Waals surface area contributed by atoms with Gasteiger partial charge in [0.2, 0.25) is 0 Å². The summed E-state index contributed by atoms with van der Waals surface area (Å²) in [7, 11) is 1.75. The largest absolute Gasteiger partial charge is 0.311 e. The summed E-state index contributed by atoms with van der Waals surface area (Å²) in [5, 5.41) is 8.26. The number of aromatic nitrogens is 3. The van der Waals surface area contributed by atoms with Crippen LogP contribution >= 0.6 is 22.7 Å². The number of thiazole rings is 1. The van der Waals surface area contributed by atoms with Crippen LogP contribution in [0.1, 0.15) is 17.2 Å². The molecule has 4 aromatic rings. The molecule has 0 bridgehead atoms.